The highest BCUT2D eigenvalue weighted by molar-refractivity contribution is 5.90. The molecule has 4 aromatic rings. The maximum absolute atomic E-state index is 14.1. The summed E-state index contributed by atoms with van der Waals surface area (Å²) in [5, 5.41) is 10.8. The van der Waals surface area contributed by atoms with E-state index >= 15 is 0 Å². The molecule has 0 atom stereocenters. The number of hydrogen-bond donors (Lipinski definition) is 2. The Hall–Kier alpha value is -3.95. The zero-order valence-electron chi connectivity index (χ0n) is 15.5. The van der Waals surface area contributed by atoms with Gasteiger partial charge in [0.05, 0.1) is 18.5 Å². The van der Waals surface area contributed by atoms with Gasteiger partial charge >= 0.3 is 0 Å². The highest BCUT2D eigenvalue weighted by atomic mass is 19.1. The number of pyridine rings is 1. The minimum absolute atomic E-state index is 0.0627. The van der Waals surface area contributed by atoms with E-state index in [0.29, 0.717) is 18.0 Å². The minimum atomic E-state index is -0.564. The van der Waals surface area contributed by atoms with Crippen molar-refractivity contribution in [1.82, 2.24) is 24.4 Å². The van der Waals surface area contributed by atoms with Crippen LogP contribution in [0.1, 0.15) is 6.92 Å². The fourth-order valence-electron chi connectivity index (χ4n) is 2.87. The number of aromatic nitrogens is 5. The van der Waals surface area contributed by atoms with Crippen LogP contribution >= 0.6 is 0 Å². The van der Waals surface area contributed by atoms with Crippen LogP contribution in [0.4, 0.5) is 16.0 Å². The molecule has 0 saturated carbocycles. The third-order valence-electron chi connectivity index (χ3n) is 4.15. The zero-order valence-corrected chi connectivity index (χ0v) is 15.5. The number of benzene rings is 1. The first-order valence-corrected chi connectivity index (χ1v) is 8.89. The molecule has 29 heavy (non-hydrogen) atoms. The van der Waals surface area contributed by atoms with E-state index in [1.165, 1.54) is 16.8 Å². The van der Waals surface area contributed by atoms with Gasteiger partial charge in [0.15, 0.2) is 5.65 Å². The van der Waals surface area contributed by atoms with Crippen molar-refractivity contribution in [1.29, 1.82) is 0 Å². The van der Waals surface area contributed by atoms with Gasteiger partial charge in [0.2, 0.25) is 11.9 Å². The number of amides is 1. The summed E-state index contributed by atoms with van der Waals surface area (Å²) in [6.45, 7) is 2.18. The normalized spacial score (nSPS) is 11.0. The van der Waals surface area contributed by atoms with Gasteiger partial charge in [-0.15, -0.1) is 5.10 Å². The Morgan fingerprint density at radius 2 is 2.14 bits per heavy atom. The number of ether oxygens (including phenoxy) is 1. The van der Waals surface area contributed by atoms with Crippen molar-refractivity contribution in [3.8, 4) is 16.9 Å². The summed E-state index contributed by atoms with van der Waals surface area (Å²) in [5.41, 5.74) is 7.95. The molecule has 0 aliphatic carbocycles. The largest absolute Gasteiger partial charge is 0.494 e. The minimum Gasteiger partial charge on any atom is -0.494 e. The van der Waals surface area contributed by atoms with E-state index in [2.05, 4.69) is 20.5 Å². The highest BCUT2D eigenvalue weighted by Crippen LogP contribution is 2.22. The second-order valence-electron chi connectivity index (χ2n) is 6.24. The summed E-state index contributed by atoms with van der Waals surface area (Å²) in [5.74, 6) is -0.364. The Balaban J connectivity index is 1.45. The van der Waals surface area contributed by atoms with Gasteiger partial charge in [-0.25, -0.2) is 8.91 Å². The first-order chi connectivity index (χ1) is 14.0. The zero-order chi connectivity index (χ0) is 20.4. The van der Waals surface area contributed by atoms with Crippen molar-refractivity contribution in [3.63, 3.8) is 0 Å². The molecule has 0 spiro atoms. The molecule has 0 saturated heterocycles. The van der Waals surface area contributed by atoms with Crippen molar-refractivity contribution in [2.45, 2.75) is 13.5 Å². The van der Waals surface area contributed by atoms with Gasteiger partial charge in [-0.3, -0.25) is 9.48 Å². The summed E-state index contributed by atoms with van der Waals surface area (Å²) >= 11 is 0. The molecular weight excluding hydrogens is 377 g/mol. The molecule has 4 rings (SSSR count). The number of anilines is 2. The SMILES string of the molecule is CCOc1ccc(NC(=O)Cn2cc(-c3ccn4nc(N)nc4c3)cn2)c(F)c1. The number of carbonyl (C=O) groups excluding carboxylic acids is 1. The van der Waals surface area contributed by atoms with Gasteiger partial charge in [-0.1, -0.05) is 0 Å². The number of nitrogens with two attached hydrogens (primary N) is 1. The van der Waals surface area contributed by atoms with Crippen LogP contribution in [0.3, 0.4) is 0 Å². The maximum Gasteiger partial charge on any atom is 0.246 e. The number of fused-ring (bicyclic) bond motifs is 1. The van der Waals surface area contributed by atoms with E-state index in [1.807, 2.05) is 19.1 Å². The van der Waals surface area contributed by atoms with Crippen molar-refractivity contribution in [2.75, 3.05) is 17.7 Å². The molecule has 0 aliphatic heterocycles. The van der Waals surface area contributed by atoms with Gasteiger partial charge in [0.1, 0.15) is 18.1 Å². The molecule has 10 heteroatoms. The highest BCUT2D eigenvalue weighted by Gasteiger charge is 2.11. The number of halogens is 1. The molecule has 9 nitrogen and oxygen atoms in total. The summed E-state index contributed by atoms with van der Waals surface area (Å²) in [6, 6.07) is 7.96. The number of hydrogen-bond acceptors (Lipinski definition) is 6. The average Bonchev–Trinajstić information content (AvgIpc) is 3.29. The standard InChI is InChI=1S/C19H18FN7O2/c1-2-29-14-3-4-16(15(20)8-14)23-18(28)11-26-10-13(9-22-26)12-5-6-27-17(7-12)24-19(21)25-27/h3-10H,2,11H2,1H3,(H2,21,25)(H,23,28). The number of carbonyl (C=O) groups is 1. The summed E-state index contributed by atoms with van der Waals surface area (Å²) < 4.78 is 22.4. The molecule has 1 aromatic carbocycles. The molecule has 0 radical (unpaired) electrons. The van der Waals surface area contributed by atoms with E-state index in [9.17, 15) is 9.18 Å². The van der Waals surface area contributed by atoms with E-state index in [-0.39, 0.29) is 18.2 Å². The molecular formula is C19H18FN7O2. The summed E-state index contributed by atoms with van der Waals surface area (Å²) in [7, 11) is 0. The predicted molar refractivity (Wildman–Crippen MR) is 105 cm³/mol. The van der Waals surface area contributed by atoms with Crippen LogP contribution in [0.15, 0.2) is 48.9 Å². The van der Waals surface area contributed by atoms with Crippen LogP contribution in [0.5, 0.6) is 5.75 Å². The van der Waals surface area contributed by atoms with Gasteiger partial charge < -0.3 is 15.8 Å². The summed E-state index contributed by atoms with van der Waals surface area (Å²) in [4.78, 5) is 16.4. The van der Waals surface area contributed by atoms with Gasteiger partial charge in [-0.05, 0) is 36.8 Å². The Bertz CT molecular complexity index is 1180. The Kier molecular flexibility index (Phi) is 4.82. The lowest BCUT2D eigenvalue weighted by Crippen LogP contribution is -2.19. The van der Waals surface area contributed by atoms with Crippen LogP contribution < -0.4 is 15.8 Å². The second-order valence-corrected chi connectivity index (χ2v) is 6.24. The molecule has 3 heterocycles. The first-order valence-electron chi connectivity index (χ1n) is 8.89. The van der Waals surface area contributed by atoms with Crippen molar-refractivity contribution >= 4 is 23.2 Å². The van der Waals surface area contributed by atoms with Gasteiger partial charge in [0.25, 0.3) is 0 Å². The quantitative estimate of drug-likeness (QED) is 0.518. The van der Waals surface area contributed by atoms with Crippen LogP contribution in [-0.4, -0.2) is 36.9 Å². The molecule has 0 fully saturated rings. The molecule has 0 unspecified atom stereocenters. The van der Waals surface area contributed by atoms with E-state index in [0.717, 1.165) is 11.1 Å². The van der Waals surface area contributed by atoms with Crippen LogP contribution in [0.2, 0.25) is 0 Å². The Labute approximate surface area is 164 Å². The topological polar surface area (TPSA) is 112 Å². The summed E-state index contributed by atoms with van der Waals surface area (Å²) in [6.07, 6.45) is 5.10. The van der Waals surface area contributed by atoms with Crippen molar-refractivity contribution < 1.29 is 13.9 Å². The predicted octanol–water partition coefficient (Wildman–Crippen LogP) is 2.35. The Morgan fingerprint density at radius 3 is 2.93 bits per heavy atom. The van der Waals surface area contributed by atoms with Crippen LogP contribution in [0, 0.1) is 5.82 Å². The average molecular weight is 395 g/mol. The number of nitrogens with zero attached hydrogens (tertiary/aromatic N) is 5. The third-order valence-corrected chi connectivity index (χ3v) is 4.15. The number of nitrogen functional groups attached to an aromatic ring is 1. The van der Waals surface area contributed by atoms with E-state index in [1.54, 1.807) is 29.2 Å². The lowest BCUT2D eigenvalue weighted by atomic mass is 10.1. The van der Waals surface area contributed by atoms with E-state index < -0.39 is 11.7 Å². The molecule has 3 aromatic heterocycles. The van der Waals surface area contributed by atoms with Crippen molar-refractivity contribution in [3.05, 3.63) is 54.7 Å². The van der Waals surface area contributed by atoms with Gasteiger partial charge in [-0.2, -0.15) is 10.1 Å². The van der Waals surface area contributed by atoms with Crippen LogP contribution in [0.25, 0.3) is 16.8 Å². The van der Waals surface area contributed by atoms with Gasteiger partial charge in [0, 0.05) is 24.0 Å². The molecule has 1 amide bonds. The fraction of sp³-hybridized carbons (Fsp3) is 0.158. The number of rotatable bonds is 6. The smallest absolute Gasteiger partial charge is 0.246 e. The molecule has 3 N–H and O–H groups in total. The lowest BCUT2D eigenvalue weighted by molar-refractivity contribution is -0.116. The van der Waals surface area contributed by atoms with E-state index in [4.69, 9.17) is 10.5 Å². The Morgan fingerprint density at radius 1 is 1.28 bits per heavy atom. The van der Waals surface area contributed by atoms with Crippen LogP contribution in [-0.2, 0) is 11.3 Å². The third kappa shape index (κ3) is 4.00. The molecule has 0 bridgehead atoms. The number of nitrogens with one attached hydrogen (secondary N) is 1. The maximum atomic E-state index is 14.1. The molecule has 0 aliphatic rings. The molecule has 148 valence electrons. The fourth-order valence-corrected chi connectivity index (χ4v) is 2.87. The first kappa shape index (κ1) is 18.4. The van der Waals surface area contributed by atoms with Crippen molar-refractivity contribution in [2.24, 2.45) is 0 Å². The second kappa shape index (κ2) is 7.58. The monoisotopic (exact) mass is 395 g/mol. The lowest BCUT2D eigenvalue weighted by Gasteiger charge is -2.08.